The van der Waals surface area contributed by atoms with E-state index in [4.69, 9.17) is 13.1 Å². The number of hydrogen-bond donors (Lipinski definition) is 0. The van der Waals surface area contributed by atoms with Crippen LogP contribution in [0.15, 0.2) is 170 Å². The van der Waals surface area contributed by atoms with Gasteiger partial charge in [0, 0.05) is 27.1 Å². The number of para-hydroxylation sites is 2. The van der Waals surface area contributed by atoms with Gasteiger partial charge >= 0.3 is 0 Å². The summed E-state index contributed by atoms with van der Waals surface area (Å²) in [5, 5.41) is 14.5. The molecule has 10 aromatic rings. The van der Waals surface area contributed by atoms with E-state index in [2.05, 4.69) is 135 Å². The third-order valence-corrected chi connectivity index (χ3v) is 11.2. The maximum absolute atomic E-state index is 9.95. The number of nitriles is 1. The summed E-state index contributed by atoms with van der Waals surface area (Å²) in [6.07, 6.45) is 0. The van der Waals surface area contributed by atoms with Crippen LogP contribution in [0.25, 0.3) is 98.1 Å². The number of fused-ring (bicyclic) bond motifs is 6. The molecule has 8 aromatic carbocycles. The van der Waals surface area contributed by atoms with Crippen LogP contribution in [0.5, 0.6) is 0 Å². The predicted molar refractivity (Wildman–Crippen MR) is 233 cm³/mol. The van der Waals surface area contributed by atoms with Crippen LogP contribution in [0.1, 0.15) is 11.1 Å². The maximum Gasteiger partial charge on any atom is 0.187 e. The zero-order valence-electron chi connectivity index (χ0n) is 30.9. The molecule has 0 N–H and O–H groups in total. The van der Waals surface area contributed by atoms with E-state index in [0.29, 0.717) is 16.9 Å². The van der Waals surface area contributed by atoms with Gasteiger partial charge in [-0.25, -0.2) is 9.69 Å². The topological polar surface area (TPSA) is 42.4 Å². The Kier molecular flexibility index (Phi) is 7.79. The fourth-order valence-corrected chi connectivity index (χ4v) is 8.47. The molecule has 5 heteroatoms. The molecule has 0 atom stereocenters. The second-order valence-corrected chi connectivity index (χ2v) is 14.3. The van der Waals surface area contributed by atoms with E-state index < -0.39 is 0 Å². The van der Waals surface area contributed by atoms with Gasteiger partial charge in [0.1, 0.15) is 0 Å². The molecule has 0 radical (unpaired) electrons. The van der Waals surface area contributed by atoms with Crippen molar-refractivity contribution in [1.29, 1.82) is 5.26 Å². The average Bonchev–Trinajstić information content (AvgIpc) is 3.78. The number of rotatable bonds is 5. The molecule has 0 aliphatic rings. The summed E-state index contributed by atoms with van der Waals surface area (Å²) in [7, 11) is 0. The molecule has 0 amide bonds. The Bertz CT molecular complexity index is 3380. The lowest BCUT2D eigenvalue weighted by atomic mass is 9.97. The van der Waals surface area contributed by atoms with E-state index in [-0.39, 0.29) is 0 Å². The van der Waals surface area contributed by atoms with E-state index >= 15 is 0 Å². The lowest BCUT2D eigenvalue weighted by Gasteiger charge is -2.21. The average molecular weight is 726 g/mol. The molecule has 5 nitrogen and oxygen atoms in total. The van der Waals surface area contributed by atoms with Gasteiger partial charge in [-0.1, -0.05) is 115 Å². The van der Waals surface area contributed by atoms with Gasteiger partial charge in [-0.15, -0.1) is 0 Å². The molecular weight excluding hydrogens is 695 g/mol. The molecule has 0 saturated carbocycles. The fraction of sp³-hybridized carbons (Fsp3) is 0.0192. The Balaban J connectivity index is 1.25. The van der Waals surface area contributed by atoms with Crippen molar-refractivity contribution in [2.75, 3.05) is 0 Å². The van der Waals surface area contributed by atoms with E-state index in [1.807, 2.05) is 66.7 Å². The number of nitrogens with zero attached hydrogens (tertiary/aromatic N) is 5. The molecule has 57 heavy (non-hydrogen) atoms. The summed E-state index contributed by atoms with van der Waals surface area (Å²) in [5.74, 6) is 0. The maximum atomic E-state index is 9.95. The van der Waals surface area contributed by atoms with E-state index in [9.17, 15) is 5.26 Å². The third-order valence-electron chi connectivity index (χ3n) is 11.2. The summed E-state index contributed by atoms with van der Waals surface area (Å²) >= 11 is 0. The first-order valence-electron chi connectivity index (χ1n) is 18.7. The van der Waals surface area contributed by atoms with Crippen molar-refractivity contribution in [2.24, 2.45) is 0 Å². The van der Waals surface area contributed by atoms with Crippen molar-refractivity contribution in [2.45, 2.75) is 6.92 Å². The Morgan fingerprint density at radius 2 is 0.965 bits per heavy atom. The predicted octanol–water partition coefficient (Wildman–Crippen LogP) is 14.2. The minimum atomic E-state index is 0.609. The molecule has 10 rings (SSSR count). The highest BCUT2D eigenvalue weighted by atomic mass is 15.0. The fourth-order valence-electron chi connectivity index (χ4n) is 8.47. The normalized spacial score (nSPS) is 11.2. The van der Waals surface area contributed by atoms with Crippen molar-refractivity contribution >= 4 is 55.0 Å². The first-order chi connectivity index (χ1) is 28.0. The van der Waals surface area contributed by atoms with Gasteiger partial charge in [-0.3, -0.25) is 0 Å². The van der Waals surface area contributed by atoms with Crippen molar-refractivity contribution in [3.63, 3.8) is 0 Å². The van der Waals surface area contributed by atoms with Gasteiger partial charge in [-0.2, -0.15) is 5.26 Å². The van der Waals surface area contributed by atoms with Gasteiger partial charge in [0.2, 0.25) is 0 Å². The molecule has 264 valence electrons. The SMILES string of the molecule is [C-]#[N+]c1ccc(-c2ccc3c(c2)c2ccccc2n3-c2ccc(-c3cccc(C#N)c3)c(-n3c4ccccc4c4cc(-c5ccc([N+]#[C-])cc5)ccc43)c2C)cc1. The van der Waals surface area contributed by atoms with Gasteiger partial charge in [0.15, 0.2) is 11.4 Å². The Labute approximate surface area is 329 Å². The zero-order valence-corrected chi connectivity index (χ0v) is 30.9. The van der Waals surface area contributed by atoms with Crippen LogP contribution >= 0.6 is 0 Å². The van der Waals surface area contributed by atoms with Crippen molar-refractivity contribution in [1.82, 2.24) is 9.13 Å². The molecular formula is C52H31N5. The van der Waals surface area contributed by atoms with Crippen LogP contribution in [-0.4, -0.2) is 9.13 Å². The molecule has 0 saturated heterocycles. The van der Waals surface area contributed by atoms with Crippen LogP contribution in [0.3, 0.4) is 0 Å². The van der Waals surface area contributed by atoms with Crippen molar-refractivity contribution in [3.05, 3.63) is 204 Å². The molecule has 0 aliphatic carbocycles. The van der Waals surface area contributed by atoms with E-state index in [1.165, 1.54) is 0 Å². The van der Waals surface area contributed by atoms with Crippen LogP contribution in [0.4, 0.5) is 11.4 Å². The van der Waals surface area contributed by atoms with Crippen LogP contribution in [0, 0.1) is 31.4 Å². The minimum Gasteiger partial charge on any atom is -0.309 e. The van der Waals surface area contributed by atoms with Crippen molar-refractivity contribution < 1.29 is 0 Å². The summed E-state index contributed by atoms with van der Waals surface area (Å²) in [6.45, 7) is 17.0. The van der Waals surface area contributed by atoms with Gasteiger partial charge in [0.25, 0.3) is 0 Å². The zero-order chi connectivity index (χ0) is 38.6. The Morgan fingerprint density at radius 3 is 1.53 bits per heavy atom. The number of hydrogen-bond acceptors (Lipinski definition) is 1. The first-order valence-corrected chi connectivity index (χ1v) is 18.7. The summed E-state index contributed by atoms with van der Waals surface area (Å²) < 4.78 is 4.77. The molecule has 0 aliphatic heterocycles. The summed E-state index contributed by atoms with van der Waals surface area (Å²) in [4.78, 5) is 7.16. The molecule has 2 heterocycles. The molecule has 0 fully saturated rings. The highest BCUT2D eigenvalue weighted by Crippen LogP contribution is 2.43. The van der Waals surface area contributed by atoms with E-state index in [1.54, 1.807) is 0 Å². The van der Waals surface area contributed by atoms with Crippen molar-refractivity contribution in [3.8, 4) is 50.8 Å². The highest BCUT2D eigenvalue weighted by molar-refractivity contribution is 6.12. The molecule has 0 spiro atoms. The quantitative estimate of drug-likeness (QED) is 0.163. The molecule has 2 aromatic heterocycles. The van der Waals surface area contributed by atoms with Crippen LogP contribution < -0.4 is 0 Å². The van der Waals surface area contributed by atoms with Crippen LogP contribution in [-0.2, 0) is 0 Å². The standard InChI is InChI=1S/C52H31N5/c1-33-47(56-48-13-6-4-11-43(48)45-30-37(19-26-50(45)56)35-15-21-40(54-2)22-16-35)28-25-42(39-10-8-9-34(29-39)32-53)52(33)57-49-14-7-5-12-44(49)46-31-38(20-27-51(46)57)36-17-23-41(55-3)24-18-36/h4-31H,1H3. The third kappa shape index (κ3) is 5.37. The largest absolute Gasteiger partial charge is 0.309 e. The smallest absolute Gasteiger partial charge is 0.187 e. The second-order valence-electron chi connectivity index (χ2n) is 14.3. The molecule has 0 unspecified atom stereocenters. The molecule has 0 bridgehead atoms. The van der Waals surface area contributed by atoms with E-state index in [0.717, 1.165) is 93.9 Å². The first kappa shape index (κ1) is 33.4. The summed E-state index contributed by atoms with van der Waals surface area (Å²) in [5.41, 5.74) is 15.7. The Morgan fingerprint density at radius 1 is 0.456 bits per heavy atom. The monoisotopic (exact) mass is 725 g/mol. The Hall–Kier alpha value is -8.17. The van der Waals surface area contributed by atoms with Gasteiger partial charge in [-0.05, 0) is 94.9 Å². The summed E-state index contributed by atoms with van der Waals surface area (Å²) in [6, 6.07) is 60.6. The van der Waals surface area contributed by atoms with Crippen LogP contribution in [0.2, 0.25) is 0 Å². The number of benzene rings is 8. The lowest BCUT2D eigenvalue weighted by Crippen LogP contribution is -2.05. The lowest BCUT2D eigenvalue weighted by molar-refractivity contribution is 1.10. The highest BCUT2D eigenvalue weighted by Gasteiger charge is 2.23. The van der Waals surface area contributed by atoms with Gasteiger partial charge < -0.3 is 9.13 Å². The second kappa shape index (κ2) is 13.3. The minimum absolute atomic E-state index is 0.609. The number of aromatic nitrogens is 2. The van der Waals surface area contributed by atoms with Gasteiger partial charge in [0.05, 0.1) is 58.2 Å².